The number of anilines is 1. The van der Waals surface area contributed by atoms with Gasteiger partial charge in [0.15, 0.2) is 0 Å². The van der Waals surface area contributed by atoms with E-state index in [-0.39, 0.29) is 13.0 Å². The average molecular weight is 578 g/mol. The predicted molar refractivity (Wildman–Crippen MR) is 150 cm³/mol. The largest absolute Gasteiger partial charge is 0.481 e. The van der Waals surface area contributed by atoms with Gasteiger partial charge in [-0.2, -0.15) is 18.4 Å². The zero-order valence-corrected chi connectivity index (χ0v) is 23.3. The number of hydrogen-bond donors (Lipinski definition) is 1. The number of nitriles is 1. The van der Waals surface area contributed by atoms with Crippen molar-refractivity contribution < 1.29 is 32.7 Å². The first-order valence-electron chi connectivity index (χ1n) is 13.9. The molecule has 0 radical (unpaired) electrons. The van der Waals surface area contributed by atoms with E-state index in [0.717, 1.165) is 52.3 Å². The summed E-state index contributed by atoms with van der Waals surface area (Å²) in [6, 6.07) is 12.3. The van der Waals surface area contributed by atoms with Gasteiger partial charge in [-0.15, -0.1) is 0 Å². The molecule has 2 aromatic carbocycles. The number of rotatable bonds is 5. The Bertz CT molecular complexity index is 1620. The first kappa shape index (κ1) is 29.1. The van der Waals surface area contributed by atoms with E-state index in [4.69, 9.17) is 0 Å². The van der Waals surface area contributed by atoms with E-state index < -0.39 is 52.1 Å². The van der Waals surface area contributed by atoms with Gasteiger partial charge in [-0.3, -0.25) is 19.3 Å². The van der Waals surface area contributed by atoms with Crippen molar-refractivity contribution in [3.05, 3.63) is 76.5 Å². The second kappa shape index (κ2) is 10.8. The van der Waals surface area contributed by atoms with Crippen LogP contribution in [-0.2, 0) is 19.8 Å². The maximum Gasteiger partial charge on any atom is 0.418 e. The van der Waals surface area contributed by atoms with Gasteiger partial charge >= 0.3 is 12.1 Å². The number of imide groups is 1. The van der Waals surface area contributed by atoms with E-state index in [9.17, 15) is 37.9 Å². The van der Waals surface area contributed by atoms with E-state index in [1.807, 2.05) is 50.2 Å². The molecule has 2 aromatic rings. The third-order valence-electron chi connectivity index (χ3n) is 8.45. The van der Waals surface area contributed by atoms with Crippen LogP contribution in [0.15, 0.2) is 71.0 Å². The molecule has 2 aliphatic heterocycles. The predicted octanol–water partition coefficient (Wildman–Crippen LogP) is 6.31. The lowest BCUT2D eigenvalue weighted by atomic mass is 9.80. The van der Waals surface area contributed by atoms with Crippen LogP contribution in [0.2, 0.25) is 0 Å². The first-order chi connectivity index (χ1) is 19.9. The number of carbonyl (C=O) groups excluding carboxylic acids is 2. The van der Waals surface area contributed by atoms with Gasteiger partial charge in [0.2, 0.25) is 0 Å². The molecule has 1 aliphatic carbocycles. The molecular weight excluding hydrogens is 547 g/mol. The highest BCUT2D eigenvalue weighted by atomic mass is 19.4. The van der Waals surface area contributed by atoms with Crippen LogP contribution >= 0.6 is 0 Å². The Morgan fingerprint density at radius 3 is 2.40 bits per heavy atom. The maximum atomic E-state index is 14.4. The van der Waals surface area contributed by atoms with Gasteiger partial charge in [-0.05, 0) is 47.4 Å². The molecule has 42 heavy (non-hydrogen) atoms. The fourth-order valence-electron chi connectivity index (χ4n) is 6.56. The molecular formula is C32H30F3N3O4. The first-order valence-corrected chi connectivity index (χ1v) is 13.9. The molecule has 0 spiro atoms. The second-order valence-electron chi connectivity index (χ2n) is 11.4. The van der Waals surface area contributed by atoms with Crippen LogP contribution in [0.5, 0.6) is 0 Å². The molecule has 0 aromatic heterocycles. The number of allylic oxidation sites excluding steroid dienone is 3. The zero-order valence-electron chi connectivity index (χ0n) is 23.3. The fourth-order valence-corrected chi connectivity index (χ4v) is 6.56. The lowest BCUT2D eigenvalue weighted by Gasteiger charge is -2.36. The minimum Gasteiger partial charge on any atom is -0.481 e. The molecule has 5 rings (SSSR count). The summed E-state index contributed by atoms with van der Waals surface area (Å²) in [6.45, 7) is 3.83. The standard InChI is InChI=1S/C32H30F3N3O4/c1-31(2)25(37(17-16-26(39)40)24-14-12-19-8-6-7-11-21(19)28(24)31)15-13-22-27(32(33,34)35)23(18-36)30(42)38(29(22)41)20-9-4-3-5-10-20/h6-8,11-15,20H,3-5,9-10,16-17H2,1-2H3,(H,39,40)/b22-13-,25-15+. The third kappa shape index (κ3) is 4.87. The lowest BCUT2D eigenvalue weighted by molar-refractivity contribution is -0.146. The minimum atomic E-state index is -5.13. The van der Waals surface area contributed by atoms with Crippen molar-refractivity contribution in [1.29, 1.82) is 5.26 Å². The highest BCUT2D eigenvalue weighted by Crippen LogP contribution is 2.51. The summed E-state index contributed by atoms with van der Waals surface area (Å²) in [4.78, 5) is 40.9. The topological polar surface area (TPSA) is 102 Å². The number of carboxylic acid groups (broad SMARTS) is 1. The molecule has 0 atom stereocenters. The molecule has 2 amide bonds. The molecule has 0 unspecified atom stereocenters. The van der Waals surface area contributed by atoms with Crippen LogP contribution in [0.3, 0.4) is 0 Å². The number of carbonyl (C=O) groups is 3. The number of benzene rings is 2. The van der Waals surface area contributed by atoms with E-state index in [1.54, 1.807) is 4.90 Å². The van der Waals surface area contributed by atoms with Crippen LogP contribution < -0.4 is 4.90 Å². The Morgan fingerprint density at radius 1 is 1.07 bits per heavy atom. The van der Waals surface area contributed by atoms with Gasteiger partial charge in [-0.1, -0.05) is 63.4 Å². The van der Waals surface area contributed by atoms with Crippen molar-refractivity contribution in [1.82, 2.24) is 4.90 Å². The molecule has 3 aliphatic rings. The Hall–Kier alpha value is -4.39. The fraction of sp³-hybridized carbons (Fsp3) is 0.375. The Kier molecular flexibility index (Phi) is 7.48. The molecule has 2 heterocycles. The molecule has 10 heteroatoms. The maximum absolute atomic E-state index is 14.4. The highest BCUT2D eigenvalue weighted by molar-refractivity contribution is 6.19. The molecule has 0 saturated heterocycles. The number of amides is 2. The Balaban J connectivity index is 1.71. The average Bonchev–Trinajstić information content (AvgIpc) is 3.16. The summed E-state index contributed by atoms with van der Waals surface area (Å²) in [5.74, 6) is -3.33. The Labute approximate surface area is 241 Å². The number of alkyl halides is 3. The zero-order chi connectivity index (χ0) is 30.4. The van der Waals surface area contributed by atoms with Crippen molar-refractivity contribution in [2.24, 2.45) is 0 Å². The summed E-state index contributed by atoms with van der Waals surface area (Å²) in [5.41, 5.74) is -2.10. The van der Waals surface area contributed by atoms with Gasteiger partial charge in [0, 0.05) is 29.4 Å². The van der Waals surface area contributed by atoms with E-state index in [1.165, 1.54) is 12.1 Å². The molecule has 1 saturated carbocycles. The molecule has 7 nitrogen and oxygen atoms in total. The van der Waals surface area contributed by atoms with Gasteiger partial charge in [0.05, 0.1) is 17.6 Å². The summed E-state index contributed by atoms with van der Waals surface area (Å²) >= 11 is 0. The van der Waals surface area contributed by atoms with Crippen LogP contribution in [0.4, 0.5) is 18.9 Å². The van der Waals surface area contributed by atoms with E-state index in [0.29, 0.717) is 18.5 Å². The van der Waals surface area contributed by atoms with Crippen LogP contribution in [0.1, 0.15) is 57.9 Å². The summed E-state index contributed by atoms with van der Waals surface area (Å²) in [5, 5.41) is 21.0. The van der Waals surface area contributed by atoms with E-state index >= 15 is 0 Å². The van der Waals surface area contributed by atoms with Gasteiger partial charge in [0.1, 0.15) is 11.6 Å². The molecule has 1 N–H and O–H groups in total. The smallest absolute Gasteiger partial charge is 0.418 e. The summed E-state index contributed by atoms with van der Waals surface area (Å²) in [7, 11) is 0. The van der Waals surface area contributed by atoms with Crippen molar-refractivity contribution in [3.8, 4) is 6.07 Å². The van der Waals surface area contributed by atoms with Crippen LogP contribution in [0, 0.1) is 11.3 Å². The normalized spacial score (nSPS) is 21.4. The van der Waals surface area contributed by atoms with Gasteiger partial charge in [-0.25, -0.2) is 0 Å². The van der Waals surface area contributed by atoms with Crippen molar-refractivity contribution in [2.45, 2.75) is 70.0 Å². The van der Waals surface area contributed by atoms with Crippen molar-refractivity contribution in [3.63, 3.8) is 0 Å². The SMILES string of the molecule is CC1(C)/C(=C\C=C2/C(=O)N(C3CCCCC3)C(=O)C(C#N)=C2C(F)(F)F)N(CCC(=O)O)c2ccc3ccccc3c21. The second-order valence-corrected chi connectivity index (χ2v) is 11.4. The number of carboxylic acids is 1. The van der Waals surface area contributed by atoms with Gasteiger partial charge < -0.3 is 10.0 Å². The van der Waals surface area contributed by atoms with Gasteiger partial charge in [0.25, 0.3) is 11.8 Å². The van der Waals surface area contributed by atoms with Crippen molar-refractivity contribution >= 4 is 34.2 Å². The number of fused-ring (bicyclic) bond motifs is 3. The lowest BCUT2D eigenvalue weighted by Crippen LogP contribution is -2.51. The van der Waals surface area contributed by atoms with Crippen molar-refractivity contribution in [2.75, 3.05) is 11.4 Å². The Morgan fingerprint density at radius 2 is 1.76 bits per heavy atom. The quantitative estimate of drug-likeness (QED) is 0.330. The third-order valence-corrected chi connectivity index (χ3v) is 8.45. The highest BCUT2D eigenvalue weighted by Gasteiger charge is 2.50. The summed E-state index contributed by atoms with van der Waals surface area (Å²) in [6.07, 6.45) is 0.353. The molecule has 0 bridgehead atoms. The number of halogens is 3. The summed E-state index contributed by atoms with van der Waals surface area (Å²) < 4.78 is 43.2. The monoisotopic (exact) mass is 577 g/mol. The number of aliphatic carboxylic acids is 1. The van der Waals surface area contributed by atoms with Crippen LogP contribution in [0.25, 0.3) is 10.8 Å². The number of nitrogens with zero attached hydrogens (tertiary/aromatic N) is 3. The molecule has 1 fully saturated rings. The van der Waals surface area contributed by atoms with E-state index in [2.05, 4.69) is 0 Å². The van der Waals surface area contributed by atoms with Crippen LogP contribution in [-0.4, -0.2) is 46.6 Å². The molecule has 218 valence electrons. The minimum absolute atomic E-state index is 0.0468. The number of hydrogen-bond acceptors (Lipinski definition) is 5.